The van der Waals surface area contributed by atoms with Gasteiger partial charge in [0.15, 0.2) is 0 Å². The summed E-state index contributed by atoms with van der Waals surface area (Å²) in [5.74, 6) is -0.728. The van der Waals surface area contributed by atoms with Crippen molar-refractivity contribution in [1.82, 2.24) is 0 Å². The molecule has 0 heterocycles. The number of aliphatic hydroxyl groups excluding tert-OH is 1. The molecule has 3 nitrogen and oxygen atoms in total. The Kier molecular flexibility index (Phi) is 7.69. The molecule has 0 saturated carbocycles. The number of hydrogen-bond donors (Lipinski definition) is 2. The van der Waals surface area contributed by atoms with Crippen molar-refractivity contribution in [2.45, 2.75) is 58.0 Å². The molecule has 0 unspecified atom stereocenters. The average Bonchev–Trinajstić information content (AvgIpc) is 2.03. The van der Waals surface area contributed by atoms with Crippen LogP contribution in [0.2, 0.25) is 0 Å². The van der Waals surface area contributed by atoms with Gasteiger partial charge >= 0.3 is 5.97 Å². The average molecular weight is 188 g/mol. The first-order chi connectivity index (χ1) is 6.16. The lowest BCUT2D eigenvalue weighted by atomic mass is 10.1. The molecule has 0 saturated heterocycles. The van der Waals surface area contributed by atoms with Crippen molar-refractivity contribution >= 4 is 5.97 Å². The second-order valence-electron chi connectivity index (χ2n) is 3.44. The molecule has 0 aliphatic heterocycles. The molecule has 0 rings (SSSR count). The molecule has 0 aromatic heterocycles. The molecule has 1 atom stereocenters. The van der Waals surface area contributed by atoms with Crippen LogP contribution >= 0.6 is 0 Å². The zero-order valence-corrected chi connectivity index (χ0v) is 8.33. The third kappa shape index (κ3) is 9.34. The number of carboxylic acids is 1. The Morgan fingerprint density at radius 3 is 2.46 bits per heavy atom. The Hall–Kier alpha value is -0.570. The zero-order valence-electron chi connectivity index (χ0n) is 8.33. The lowest BCUT2D eigenvalue weighted by Gasteiger charge is -2.07. The van der Waals surface area contributed by atoms with Gasteiger partial charge in [0.05, 0.1) is 6.10 Å². The van der Waals surface area contributed by atoms with Crippen LogP contribution in [0.1, 0.15) is 51.9 Å². The highest BCUT2D eigenvalue weighted by Crippen LogP contribution is 2.09. The SMILES string of the molecule is CCC[C@@H](O)CCCCCC(=O)O. The van der Waals surface area contributed by atoms with Crippen LogP contribution in [0.5, 0.6) is 0 Å². The van der Waals surface area contributed by atoms with E-state index < -0.39 is 5.97 Å². The second-order valence-corrected chi connectivity index (χ2v) is 3.44. The van der Waals surface area contributed by atoms with E-state index in [-0.39, 0.29) is 12.5 Å². The van der Waals surface area contributed by atoms with Crippen LogP contribution < -0.4 is 0 Å². The molecule has 2 N–H and O–H groups in total. The van der Waals surface area contributed by atoms with E-state index >= 15 is 0 Å². The summed E-state index contributed by atoms with van der Waals surface area (Å²) in [5, 5.41) is 17.7. The Labute approximate surface area is 79.8 Å². The van der Waals surface area contributed by atoms with Gasteiger partial charge in [0, 0.05) is 6.42 Å². The van der Waals surface area contributed by atoms with Crippen molar-refractivity contribution in [3.05, 3.63) is 0 Å². The number of unbranched alkanes of at least 4 members (excludes halogenated alkanes) is 2. The summed E-state index contributed by atoms with van der Waals surface area (Å²) in [7, 11) is 0. The quantitative estimate of drug-likeness (QED) is 0.574. The summed E-state index contributed by atoms with van der Waals surface area (Å²) in [5.41, 5.74) is 0. The Morgan fingerprint density at radius 1 is 1.23 bits per heavy atom. The van der Waals surface area contributed by atoms with Gasteiger partial charge in [0.25, 0.3) is 0 Å². The fourth-order valence-electron chi connectivity index (χ4n) is 1.31. The van der Waals surface area contributed by atoms with E-state index in [9.17, 15) is 9.90 Å². The largest absolute Gasteiger partial charge is 0.481 e. The predicted molar refractivity (Wildman–Crippen MR) is 51.6 cm³/mol. The molecule has 0 fully saturated rings. The summed E-state index contributed by atoms with van der Waals surface area (Å²) in [6.45, 7) is 2.05. The van der Waals surface area contributed by atoms with E-state index in [0.717, 1.165) is 38.5 Å². The van der Waals surface area contributed by atoms with Gasteiger partial charge in [0.2, 0.25) is 0 Å². The van der Waals surface area contributed by atoms with E-state index in [0.29, 0.717) is 0 Å². The molecule has 0 aliphatic carbocycles. The third-order valence-corrected chi connectivity index (χ3v) is 2.05. The minimum atomic E-state index is -0.728. The van der Waals surface area contributed by atoms with Crippen LogP contribution in [0.4, 0.5) is 0 Å². The molecule has 0 radical (unpaired) electrons. The van der Waals surface area contributed by atoms with Crippen molar-refractivity contribution in [3.63, 3.8) is 0 Å². The molecule has 0 aliphatic rings. The second kappa shape index (κ2) is 8.05. The highest BCUT2D eigenvalue weighted by Gasteiger charge is 2.02. The van der Waals surface area contributed by atoms with Crippen molar-refractivity contribution in [2.24, 2.45) is 0 Å². The fourth-order valence-corrected chi connectivity index (χ4v) is 1.31. The number of carboxylic acid groups (broad SMARTS) is 1. The standard InChI is InChI=1S/C10H20O3/c1-2-6-9(11)7-4-3-5-8-10(12)13/h9,11H,2-8H2,1H3,(H,12,13)/t9-/m1/s1. The van der Waals surface area contributed by atoms with Crippen molar-refractivity contribution in [2.75, 3.05) is 0 Å². The lowest BCUT2D eigenvalue weighted by Crippen LogP contribution is -2.05. The van der Waals surface area contributed by atoms with Gasteiger partial charge in [-0.1, -0.05) is 26.2 Å². The highest BCUT2D eigenvalue weighted by molar-refractivity contribution is 5.66. The van der Waals surface area contributed by atoms with Crippen LogP contribution in [0, 0.1) is 0 Å². The number of rotatable bonds is 8. The molecule has 0 spiro atoms. The summed E-state index contributed by atoms with van der Waals surface area (Å²) < 4.78 is 0. The van der Waals surface area contributed by atoms with Gasteiger partial charge in [-0.25, -0.2) is 0 Å². The number of aliphatic hydroxyl groups is 1. The fraction of sp³-hybridized carbons (Fsp3) is 0.900. The van der Waals surface area contributed by atoms with Gasteiger partial charge in [0.1, 0.15) is 0 Å². The topological polar surface area (TPSA) is 57.5 Å². The van der Waals surface area contributed by atoms with Crippen molar-refractivity contribution in [1.29, 1.82) is 0 Å². The van der Waals surface area contributed by atoms with Crippen molar-refractivity contribution < 1.29 is 15.0 Å². The van der Waals surface area contributed by atoms with Crippen LogP contribution in [0.3, 0.4) is 0 Å². The molecule has 0 aromatic carbocycles. The van der Waals surface area contributed by atoms with E-state index in [1.165, 1.54) is 0 Å². The first-order valence-corrected chi connectivity index (χ1v) is 5.06. The number of aliphatic carboxylic acids is 1. The Morgan fingerprint density at radius 2 is 1.92 bits per heavy atom. The first-order valence-electron chi connectivity index (χ1n) is 5.06. The summed E-state index contributed by atoms with van der Waals surface area (Å²) in [4.78, 5) is 10.1. The molecular formula is C10H20O3. The van der Waals surface area contributed by atoms with Gasteiger partial charge < -0.3 is 10.2 Å². The highest BCUT2D eigenvalue weighted by atomic mass is 16.4. The van der Waals surface area contributed by atoms with Crippen molar-refractivity contribution in [3.8, 4) is 0 Å². The molecule has 0 bridgehead atoms. The van der Waals surface area contributed by atoms with E-state index in [4.69, 9.17) is 5.11 Å². The van der Waals surface area contributed by atoms with Crippen LogP contribution in [0.25, 0.3) is 0 Å². The molecule has 0 aromatic rings. The van der Waals surface area contributed by atoms with E-state index in [1.54, 1.807) is 0 Å². The maximum Gasteiger partial charge on any atom is 0.303 e. The normalized spacial score (nSPS) is 12.8. The summed E-state index contributed by atoms with van der Waals surface area (Å²) in [6.07, 6.45) is 5.33. The first kappa shape index (κ1) is 12.4. The van der Waals surface area contributed by atoms with Crippen LogP contribution in [0.15, 0.2) is 0 Å². The molecule has 3 heteroatoms. The van der Waals surface area contributed by atoms with E-state index in [2.05, 4.69) is 0 Å². The minimum absolute atomic E-state index is 0.185. The van der Waals surface area contributed by atoms with E-state index in [1.807, 2.05) is 6.92 Å². The summed E-state index contributed by atoms with van der Waals surface area (Å²) in [6, 6.07) is 0. The lowest BCUT2D eigenvalue weighted by molar-refractivity contribution is -0.137. The molecule has 78 valence electrons. The van der Waals surface area contributed by atoms with Gasteiger partial charge in [-0.05, 0) is 19.3 Å². The predicted octanol–water partition coefficient (Wildman–Crippen LogP) is 2.18. The number of carbonyl (C=O) groups is 1. The smallest absolute Gasteiger partial charge is 0.303 e. The molecule has 0 amide bonds. The maximum absolute atomic E-state index is 10.1. The minimum Gasteiger partial charge on any atom is -0.481 e. The summed E-state index contributed by atoms with van der Waals surface area (Å²) >= 11 is 0. The third-order valence-electron chi connectivity index (χ3n) is 2.05. The monoisotopic (exact) mass is 188 g/mol. The van der Waals surface area contributed by atoms with Gasteiger partial charge in [-0.3, -0.25) is 4.79 Å². The number of hydrogen-bond acceptors (Lipinski definition) is 2. The van der Waals surface area contributed by atoms with Gasteiger partial charge in [-0.15, -0.1) is 0 Å². The van der Waals surface area contributed by atoms with Gasteiger partial charge in [-0.2, -0.15) is 0 Å². The maximum atomic E-state index is 10.1. The Balaban J connectivity index is 3.11. The van der Waals surface area contributed by atoms with Crippen LogP contribution in [-0.2, 0) is 4.79 Å². The molecule has 13 heavy (non-hydrogen) atoms. The molecular weight excluding hydrogens is 168 g/mol. The Bertz CT molecular complexity index is 134. The zero-order chi connectivity index (χ0) is 10.1. The van der Waals surface area contributed by atoms with Crippen LogP contribution in [-0.4, -0.2) is 22.3 Å².